The van der Waals surface area contributed by atoms with E-state index < -0.39 is 49.7 Å². The summed E-state index contributed by atoms with van der Waals surface area (Å²) >= 11 is 11.5. The Bertz CT molecular complexity index is 849. The number of halogens is 4. The molecule has 0 bridgehead atoms. The summed E-state index contributed by atoms with van der Waals surface area (Å²) in [6.07, 6.45) is -3.98. The van der Waals surface area contributed by atoms with E-state index in [2.05, 4.69) is 0 Å². The van der Waals surface area contributed by atoms with Gasteiger partial charge >= 0.3 is 6.03 Å². The molecule has 1 heterocycles. The third-order valence-electron chi connectivity index (χ3n) is 4.52. The van der Waals surface area contributed by atoms with Crippen molar-refractivity contribution < 1.29 is 23.2 Å². The molecule has 1 aliphatic heterocycles. The lowest BCUT2D eigenvalue weighted by atomic mass is 10.1. The van der Waals surface area contributed by atoms with Crippen LogP contribution in [0.1, 0.15) is 29.9 Å². The van der Waals surface area contributed by atoms with Crippen molar-refractivity contribution in [3.8, 4) is 0 Å². The van der Waals surface area contributed by atoms with Crippen molar-refractivity contribution in [2.75, 3.05) is 13.1 Å². The van der Waals surface area contributed by atoms with Crippen LogP contribution < -0.4 is 0 Å². The van der Waals surface area contributed by atoms with Crippen molar-refractivity contribution in [3.63, 3.8) is 0 Å². The van der Waals surface area contributed by atoms with Gasteiger partial charge in [0.15, 0.2) is 0 Å². The number of barbiturate groups is 1. The summed E-state index contributed by atoms with van der Waals surface area (Å²) in [6, 6.07) is 10.6. The molecule has 2 aromatic rings. The summed E-state index contributed by atoms with van der Waals surface area (Å²) in [4.78, 5) is 38.2. The zero-order valence-corrected chi connectivity index (χ0v) is 16.5. The van der Waals surface area contributed by atoms with Crippen LogP contribution >= 0.6 is 23.2 Å². The topological polar surface area (TPSA) is 57.7 Å². The van der Waals surface area contributed by atoms with E-state index in [4.69, 9.17) is 23.2 Å². The number of alkyl halides is 2. The fourth-order valence-corrected chi connectivity index (χ4v) is 3.17. The molecule has 3 rings (SSSR count). The quantitative estimate of drug-likeness (QED) is 0.600. The molecule has 0 aromatic heterocycles. The molecular formula is C20H16Cl2F2N2O3. The molecule has 0 unspecified atom stereocenters. The summed E-state index contributed by atoms with van der Waals surface area (Å²) in [7, 11) is 0. The molecule has 2 atom stereocenters. The molecule has 0 saturated carbocycles. The Morgan fingerprint density at radius 1 is 0.724 bits per heavy atom. The van der Waals surface area contributed by atoms with Gasteiger partial charge in [0, 0.05) is 10.0 Å². The largest absolute Gasteiger partial charge is 0.333 e. The fraction of sp³-hybridized carbons (Fsp3) is 0.250. The molecule has 0 aliphatic carbocycles. The number of hydrogen-bond acceptors (Lipinski definition) is 3. The molecule has 2 aromatic carbocycles. The average molecular weight is 441 g/mol. The van der Waals surface area contributed by atoms with Gasteiger partial charge in [-0.05, 0) is 35.4 Å². The molecule has 4 amide bonds. The molecule has 0 N–H and O–H groups in total. The number of benzene rings is 2. The average Bonchev–Trinajstić information content (AvgIpc) is 2.69. The van der Waals surface area contributed by atoms with Crippen LogP contribution in [-0.2, 0) is 9.59 Å². The minimum atomic E-state index is -1.67. The van der Waals surface area contributed by atoms with Crippen LogP contribution in [0, 0.1) is 0 Å². The van der Waals surface area contributed by atoms with E-state index in [9.17, 15) is 23.2 Å². The van der Waals surface area contributed by atoms with Crippen LogP contribution in [0.3, 0.4) is 0 Å². The number of rotatable bonds is 6. The second kappa shape index (κ2) is 8.88. The second-order valence-electron chi connectivity index (χ2n) is 6.51. The van der Waals surface area contributed by atoms with E-state index in [-0.39, 0.29) is 11.1 Å². The lowest BCUT2D eigenvalue weighted by Crippen LogP contribution is -2.56. The van der Waals surface area contributed by atoms with Gasteiger partial charge in [-0.3, -0.25) is 19.4 Å². The summed E-state index contributed by atoms with van der Waals surface area (Å²) in [5.41, 5.74) is 0.450. The summed E-state index contributed by atoms with van der Waals surface area (Å²) in [5, 5.41) is 0.832. The van der Waals surface area contributed by atoms with Crippen LogP contribution in [0.2, 0.25) is 10.0 Å². The number of carbonyl (C=O) groups is 3. The number of amides is 4. The Hall–Kier alpha value is -2.51. The fourth-order valence-electron chi connectivity index (χ4n) is 2.91. The first-order valence-electron chi connectivity index (χ1n) is 8.70. The minimum Gasteiger partial charge on any atom is -0.274 e. The normalized spacial score (nSPS) is 16.9. The zero-order valence-electron chi connectivity index (χ0n) is 15.0. The molecule has 1 saturated heterocycles. The maximum absolute atomic E-state index is 14.6. The van der Waals surface area contributed by atoms with Crippen LogP contribution in [0.5, 0.6) is 0 Å². The predicted molar refractivity (Wildman–Crippen MR) is 104 cm³/mol. The molecule has 5 nitrogen and oxygen atoms in total. The molecular weight excluding hydrogens is 425 g/mol. The summed E-state index contributed by atoms with van der Waals surface area (Å²) in [6.45, 7) is -1.16. The Morgan fingerprint density at radius 3 is 1.41 bits per heavy atom. The van der Waals surface area contributed by atoms with Gasteiger partial charge in [0.2, 0.25) is 11.8 Å². The molecule has 1 aliphatic rings. The number of carbonyl (C=O) groups excluding carboxylic acids is 3. The van der Waals surface area contributed by atoms with Crippen molar-refractivity contribution in [2.45, 2.75) is 18.8 Å². The Labute approximate surface area is 175 Å². The van der Waals surface area contributed by atoms with E-state index in [0.29, 0.717) is 19.8 Å². The van der Waals surface area contributed by atoms with Crippen LogP contribution in [-0.4, -0.2) is 40.7 Å². The van der Waals surface area contributed by atoms with Crippen LogP contribution in [0.4, 0.5) is 13.6 Å². The van der Waals surface area contributed by atoms with Gasteiger partial charge in [-0.25, -0.2) is 13.6 Å². The van der Waals surface area contributed by atoms with E-state index >= 15 is 0 Å². The summed E-state index contributed by atoms with van der Waals surface area (Å²) < 4.78 is 29.2. The van der Waals surface area contributed by atoms with Gasteiger partial charge in [0.05, 0.1) is 13.1 Å². The van der Waals surface area contributed by atoms with Gasteiger partial charge in [-0.2, -0.15) is 0 Å². The predicted octanol–water partition coefficient (Wildman–Crippen LogP) is 4.90. The van der Waals surface area contributed by atoms with Gasteiger partial charge in [-0.15, -0.1) is 0 Å². The number of imide groups is 2. The highest BCUT2D eigenvalue weighted by Gasteiger charge is 2.40. The number of hydrogen-bond donors (Lipinski definition) is 0. The van der Waals surface area contributed by atoms with Gasteiger partial charge in [0.1, 0.15) is 18.8 Å². The zero-order chi connectivity index (χ0) is 21.1. The van der Waals surface area contributed by atoms with E-state index in [0.717, 1.165) is 0 Å². The first-order valence-corrected chi connectivity index (χ1v) is 9.45. The monoisotopic (exact) mass is 440 g/mol. The van der Waals surface area contributed by atoms with Crippen molar-refractivity contribution in [2.24, 2.45) is 0 Å². The lowest BCUT2D eigenvalue weighted by molar-refractivity contribution is -0.143. The van der Waals surface area contributed by atoms with Crippen molar-refractivity contribution in [1.29, 1.82) is 0 Å². The number of nitrogens with zero attached hydrogens (tertiary/aromatic N) is 2. The molecule has 29 heavy (non-hydrogen) atoms. The second-order valence-corrected chi connectivity index (χ2v) is 7.38. The highest BCUT2D eigenvalue weighted by atomic mass is 35.5. The molecule has 0 spiro atoms. The Morgan fingerprint density at radius 2 is 1.07 bits per heavy atom. The van der Waals surface area contributed by atoms with Crippen molar-refractivity contribution in [3.05, 3.63) is 69.7 Å². The Kier molecular flexibility index (Phi) is 6.49. The number of urea groups is 1. The maximum atomic E-state index is 14.6. The van der Waals surface area contributed by atoms with Crippen LogP contribution in [0.15, 0.2) is 48.5 Å². The van der Waals surface area contributed by atoms with Crippen LogP contribution in [0.25, 0.3) is 0 Å². The standard InChI is InChI=1S/C20H16Cl2F2N2O3/c21-14-5-1-12(2-6-14)16(23)10-25-18(27)9-19(28)26(20(25)29)11-17(24)13-3-7-15(22)8-4-13/h1-8,16-17H,9-11H2/t16-,17+. The molecule has 9 heteroatoms. The maximum Gasteiger partial charge on any atom is 0.333 e. The van der Waals surface area contributed by atoms with Gasteiger partial charge in [0.25, 0.3) is 0 Å². The molecule has 152 valence electrons. The van der Waals surface area contributed by atoms with E-state index in [1.165, 1.54) is 48.5 Å². The molecule has 0 radical (unpaired) electrons. The third kappa shape index (κ3) is 4.92. The highest BCUT2D eigenvalue weighted by molar-refractivity contribution is 6.30. The first kappa shape index (κ1) is 21.2. The lowest BCUT2D eigenvalue weighted by Gasteiger charge is -2.34. The SMILES string of the molecule is O=C1CC(=O)N(C[C@H](F)c2ccc(Cl)cc2)C(=O)N1C[C@@H](F)c1ccc(Cl)cc1. The van der Waals surface area contributed by atoms with E-state index in [1.807, 2.05) is 0 Å². The smallest absolute Gasteiger partial charge is 0.274 e. The van der Waals surface area contributed by atoms with E-state index in [1.54, 1.807) is 0 Å². The first-order chi connectivity index (χ1) is 13.8. The Balaban J connectivity index is 1.73. The third-order valence-corrected chi connectivity index (χ3v) is 5.02. The van der Waals surface area contributed by atoms with Crippen molar-refractivity contribution in [1.82, 2.24) is 9.80 Å². The van der Waals surface area contributed by atoms with Gasteiger partial charge < -0.3 is 0 Å². The minimum absolute atomic E-state index is 0.225. The molecule has 1 fully saturated rings. The van der Waals surface area contributed by atoms with Crippen molar-refractivity contribution >= 4 is 41.0 Å². The summed E-state index contributed by atoms with van der Waals surface area (Å²) in [5.74, 6) is -1.65. The van der Waals surface area contributed by atoms with Gasteiger partial charge in [-0.1, -0.05) is 47.5 Å². The highest BCUT2D eigenvalue weighted by Crippen LogP contribution is 2.26.